The quantitative estimate of drug-likeness (QED) is 0.212. The molecule has 0 saturated carbocycles. The standard InChI is InChI=1S/C29H23FN2O4S/c1-36-29(35)24-9-5-6-10-25(24)32-28(34)26(19-7-3-2-4-8-19)37-23-17-15-22(16-18-23)31-27(33)20-11-13-21(30)14-12-20/h2-18,26H,1H3,(H,31,33)(H,32,34). The minimum Gasteiger partial charge on any atom is -0.465 e. The number of nitrogens with one attached hydrogen (secondary N) is 2. The Morgan fingerprint density at radius 2 is 1.43 bits per heavy atom. The van der Waals surface area contributed by atoms with Crippen LogP contribution in [0.15, 0.2) is 108 Å². The number of carbonyl (C=O) groups is 3. The first-order chi connectivity index (χ1) is 17.9. The van der Waals surface area contributed by atoms with Crippen LogP contribution >= 0.6 is 11.8 Å². The molecule has 0 radical (unpaired) electrons. The van der Waals surface area contributed by atoms with Gasteiger partial charge in [0.05, 0.1) is 18.4 Å². The van der Waals surface area contributed by atoms with E-state index in [1.54, 1.807) is 48.5 Å². The number of hydrogen-bond acceptors (Lipinski definition) is 5. The van der Waals surface area contributed by atoms with Gasteiger partial charge in [-0.05, 0) is 66.2 Å². The van der Waals surface area contributed by atoms with Crippen LogP contribution in [-0.4, -0.2) is 24.9 Å². The highest BCUT2D eigenvalue weighted by Crippen LogP contribution is 2.37. The van der Waals surface area contributed by atoms with Gasteiger partial charge in [0.15, 0.2) is 0 Å². The fourth-order valence-electron chi connectivity index (χ4n) is 3.54. The number of hydrogen-bond donors (Lipinski definition) is 2. The van der Waals surface area contributed by atoms with Crippen LogP contribution in [0.25, 0.3) is 0 Å². The van der Waals surface area contributed by atoms with Gasteiger partial charge >= 0.3 is 5.97 Å². The monoisotopic (exact) mass is 514 g/mol. The number of carbonyl (C=O) groups excluding carboxylic acids is 3. The largest absolute Gasteiger partial charge is 0.465 e. The molecule has 4 aromatic carbocycles. The second-order valence-electron chi connectivity index (χ2n) is 7.92. The number of para-hydroxylation sites is 1. The second-order valence-corrected chi connectivity index (χ2v) is 9.10. The lowest BCUT2D eigenvalue weighted by Gasteiger charge is -2.18. The van der Waals surface area contributed by atoms with Gasteiger partial charge in [0, 0.05) is 16.1 Å². The van der Waals surface area contributed by atoms with E-state index in [9.17, 15) is 18.8 Å². The number of anilines is 2. The lowest BCUT2D eigenvalue weighted by Crippen LogP contribution is -2.20. The molecule has 4 rings (SSSR count). The number of halogens is 1. The number of thioether (sulfide) groups is 1. The first kappa shape index (κ1) is 25.7. The highest BCUT2D eigenvalue weighted by Gasteiger charge is 2.24. The molecule has 0 saturated heterocycles. The molecule has 186 valence electrons. The Balaban J connectivity index is 1.51. The van der Waals surface area contributed by atoms with Crippen molar-refractivity contribution in [3.63, 3.8) is 0 Å². The molecule has 8 heteroatoms. The summed E-state index contributed by atoms with van der Waals surface area (Å²) in [5, 5.41) is 5.01. The number of benzene rings is 4. The van der Waals surface area contributed by atoms with Gasteiger partial charge in [-0.2, -0.15) is 0 Å². The van der Waals surface area contributed by atoms with E-state index < -0.39 is 17.0 Å². The molecule has 1 unspecified atom stereocenters. The van der Waals surface area contributed by atoms with E-state index in [2.05, 4.69) is 10.6 Å². The van der Waals surface area contributed by atoms with Crippen molar-refractivity contribution < 1.29 is 23.5 Å². The average molecular weight is 515 g/mol. The summed E-state index contributed by atoms with van der Waals surface area (Å²) in [6.07, 6.45) is 0. The highest BCUT2D eigenvalue weighted by molar-refractivity contribution is 8.00. The third-order valence-corrected chi connectivity index (χ3v) is 6.67. The van der Waals surface area contributed by atoms with Crippen molar-refractivity contribution in [1.29, 1.82) is 0 Å². The zero-order chi connectivity index (χ0) is 26.2. The molecule has 0 fully saturated rings. The van der Waals surface area contributed by atoms with Gasteiger partial charge in [-0.1, -0.05) is 42.5 Å². The molecule has 2 amide bonds. The van der Waals surface area contributed by atoms with Gasteiger partial charge in [-0.15, -0.1) is 11.8 Å². The Labute approximate surface area is 217 Å². The van der Waals surface area contributed by atoms with Crippen LogP contribution in [0.1, 0.15) is 31.5 Å². The summed E-state index contributed by atoms with van der Waals surface area (Å²) < 4.78 is 17.9. The molecule has 6 nitrogen and oxygen atoms in total. The Kier molecular flexibility index (Phi) is 8.33. The predicted octanol–water partition coefficient (Wildman–Crippen LogP) is 6.34. The topological polar surface area (TPSA) is 84.5 Å². The zero-order valence-electron chi connectivity index (χ0n) is 19.8. The molecule has 37 heavy (non-hydrogen) atoms. The smallest absolute Gasteiger partial charge is 0.339 e. The minimum atomic E-state index is -0.619. The van der Waals surface area contributed by atoms with Crippen LogP contribution in [0.4, 0.5) is 15.8 Å². The number of ether oxygens (including phenoxy) is 1. The average Bonchev–Trinajstić information content (AvgIpc) is 2.93. The zero-order valence-corrected chi connectivity index (χ0v) is 20.6. The first-order valence-corrected chi connectivity index (χ1v) is 12.2. The highest BCUT2D eigenvalue weighted by atomic mass is 32.2. The normalized spacial score (nSPS) is 11.3. The van der Waals surface area contributed by atoms with E-state index in [1.807, 2.05) is 30.3 Å². The Hall–Kier alpha value is -4.43. The third kappa shape index (κ3) is 6.62. The summed E-state index contributed by atoms with van der Waals surface area (Å²) in [6.45, 7) is 0. The molecule has 0 bridgehead atoms. The van der Waals surface area contributed by atoms with Crippen LogP contribution in [0, 0.1) is 5.82 Å². The van der Waals surface area contributed by atoms with E-state index in [4.69, 9.17) is 4.74 Å². The molecule has 2 N–H and O–H groups in total. The molecule has 0 aliphatic carbocycles. The summed E-state index contributed by atoms with van der Waals surface area (Å²) in [7, 11) is 1.29. The SMILES string of the molecule is COC(=O)c1ccccc1NC(=O)C(Sc1ccc(NC(=O)c2ccc(F)cc2)cc1)c1ccccc1. The van der Waals surface area contributed by atoms with Crippen molar-refractivity contribution in [1.82, 2.24) is 0 Å². The van der Waals surface area contributed by atoms with Crippen LogP contribution in [0.3, 0.4) is 0 Å². The van der Waals surface area contributed by atoms with Crippen LogP contribution in [0.2, 0.25) is 0 Å². The number of rotatable bonds is 8. The minimum absolute atomic E-state index is 0.261. The number of amides is 2. The third-order valence-electron chi connectivity index (χ3n) is 5.40. The predicted molar refractivity (Wildman–Crippen MR) is 142 cm³/mol. The Morgan fingerprint density at radius 1 is 0.784 bits per heavy atom. The van der Waals surface area contributed by atoms with Crippen molar-refractivity contribution in [3.8, 4) is 0 Å². The van der Waals surface area contributed by atoms with E-state index >= 15 is 0 Å². The van der Waals surface area contributed by atoms with E-state index in [-0.39, 0.29) is 17.4 Å². The maximum atomic E-state index is 13.4. The van der Waals surface area contributed by atoms with Crippen molar-refractivity contribution in [3.05, 3.63) is 126 Å². The summed E-state index contributed by atoms with van der Waals surface area (Å²) >= 11 is 1.33. The van der Waals surface area contributed by atoms with Gasteiger partial charge in [-0.25, -0.2) is 9.18 Å². The molecule has 0 heterocycles. The summed E-state index contributed by atoms with van der Waals surface area (Å²) in [4.78, 5) is 38.7. The van der Waals surface area contributed by atoms with Crippen molar-refractivity contribution in [2.24, 2.45) is 0 Å². The molecule has 1 atom stereocenters. The molecular formula is C29H23FN2O4S. The maximum Gasteiger partial charge on any atom is 0.339 e. The molecule has 4 aromatic rings. The van der Waals surface area contributed by atoms with Crippen LogP contribution in [0.5, 0.6) is 0 Å². The van der Waals surface area contributed by atoms with Gasteiger partial charge in [0.25, 0.3) is 5.91 Å². The van der Waals surface area contributed by atoms with Crippen molar-refractivity contribution in [2.75, 3.05) is 17.7 Å². The fraction of sp³-hybridized carbons (Fsp3) is 0.0690. The lowest BCUT2D eigenvalue weighted by molar-refractivity contribution is -0.115. The molecular weight excluding hydrogens is 491 g/mol. The maximum absolute atomic E-state index is 13.4. The van der Waals surface area contributed by atoms with Gasteiger partial charge in [-0.3, -0.25) is 9.59 Å². The summed E-state index contributed by atoms with van der Waals surface area (Å²) in [5.74, 6) is -1.62. The second kappa shape index (κ2) is 12.0. The Bertz CT molecular complexity index is 1390. The van der Waals surface area contributed by atoms with E-state index in [1.165, 1.54) is 43.1 Å². The van der Waals surface area contributed by atoms with E-state index in [0.717, 1.165) is 10.5 Å². The van der Waals surface area contributed by atoms with Gasteiger partial charge in [0.1, 0.15) is 11.1 Å². The van der Waals surface area contributed by atoms with Crippen LogP contribution < -0.4 is 10.6 Å². The summed E-state index contributed by atoms with van der Waals surface area (Å²) in [5.41, 5.74) is 2.31. The number of esters is 1. The molecule has 0 aromatic heterocycles. The van der Waals surface area contributed by atoms with E-state index in [0.29, 0.717) is 16.9 Å². The van der Waals surface area contributed by atoms with Crippen LogP contribution in [-0.2, 0) is 9.53 Å². The molecule has 0 aliphatic heterocycles. The first-order valence-electron chi connectivity index (χ1n) is 11.3. The number of methoxy groups -OCH3 is 1. The van der Waals surface area contributed by atoms with Gasteiger partial charge < -0.3 is 15.4 Å². The summed E-state index contributed by atoms with van der Waals surface area (Å²) in [6, 6.07) is 28.3. The Morgan fingerprint density at radius 3 is 2.11 bits per heavy atom. The van der Waals surface area contributed by atoms with Crippen molar-refractivity contribution >= 4 is 40.9 Å². The lowest BCUT2D eigenvalue weighted by atomic mass is 10.1. The fourth-order valence-corrected chi connectivity index (χ4v) is 4.56. The van der Waals surface area contributed by atoms with Crippen molar-refractivity contribution in [2.45, 2.75) is 10.1 Å². The molecule has 0 spiro atoms. The molecule has 0 aliphatic rings. The van der Waals surface area contributed by atoms with Gasteiger partial charge in [0.2, 0.25) is 5.91 Å².